The number of β-lactam (4-membered cyclic amide) rings is 1. The van der Waals surface area contributed by atoms with E-state index >= 15 is 0 Å². The number of aromatic hydroxyl groups is 2. The molecule has 5 amide bonds. The highest BCUT2D eigenvalue weighted by Gasteiger charge is 2.66. The number of halogens is 2. The van der Waals surface area contributed by atoms with Gasteiger partial charge < -0.3 is 41.2 Å². The topological polar surface area (TPSA) is 312 Å². The number of phenolic OH excluding ortho intramolecular Hbond substituents is 2. The molecule has 25 heteroatoms. The zero-order chi connectivity index (χ0) is 40.9. The van der Waals surface area contributed by atoms with Gasteiger partial charge in [-0.25, -0.2) is 24.4 Å². The first kappa shape index (κ1) is 40.3. The second-order valence-electron chi connectivity index (χ2n) is 12.9. The molecule has 4 fully saturated rings. The monoisotopic (exact) mass is 856 g/mol. The predicted molar refractivity (Wildman–Crippen MR) is 194 cm³/mol. The van der Waals surface area contributed by atoms with Crippen LogP contribution in [0.2, 0.25) is 9.36 Å². The van der Waals surface area contributed by atoms with Crippen molar-refractivity contribution in [2.45, 2.75) is 47.9 Å². The Morgan fingerprint density at radius 3 is 2.39 bits per heavy atom. The van der Waals surface area contributed by atoms with Crippen molar-refractivity contribution < 1.29 is 63.6 Å². The largest absolute Gasteiger partial charge is 0.504 e. The number of carbonyl (C=O) groups excluding carboxylic acids is 6. The molecule has 1 aromatic heterocycles. The molecule has 6 rings (SSSR count). The van der Waals surface area contributed by atoms with Crippen molar-refractivity contribution in [3.63, 3.8) is 0 Å². The number of nitrogens with one attached hydrogen (secondary N) is 2. The van der Waals surface area contributed by atoms with Gasteiger partial charge >= 0.3 is 18.0 Å². The van der Waals surface area contributed by atoms with Crippen LogP contribution in [0.4, 0.5) is 9.93 Å². The van der Waals surface area contributed by atoms with Gasteiger partial charge in [0.05, 0.1) is 35.0 Å². The summed E-state index contributed by atoms with van der Waals surface area (Å²) >= 11 is 13.6. The second kappa shape index (κ2) is 15.3. The van der Waals surface area contributed by atoms with E-state index in [-0.39, 0.29) is 47.6 Å². The van der Waals surface area contributed by atoms with E-state index in [1.54, 1.807) is 0 Å². The first-order chi connectivity index (χ1) is 26.4. The molecule has 0 unspecified atom stereocenters. The van der Waals surface area contributed by atoms with E-state index in [1.807, 2.05) is 0 Å². The number of anilines is 1. The number of hydrogen-bond donors (Lipinski definition) is 7. The fourth-order valence-electron chi connectivity index (χ4n) is 6.31. The Kier molecular flexibility index (Phi) is 11.0. The number of amides is 5. The molecule has 3 aliphatic heterocycles. The normalized spacial score (nSPS) is 22.5. The van der Waals surface area contributed by atoms with Crippen molar-refractivity contribution in [1.29, 1.82) is 0 Å². The number of benzene rings is 1. The summed E-state index contributed by atoms with van der Waals surface area (Å²) in [6, 6.07) is 1.07. The first-order valence-corrected chi connectivity index (χ1v) is 18.9. The van der Waals surface area contributed by atoms with E-state index in [0.29, 0.717) is 6.42 Å². The molecule has 3 saturated heterocycles. The summed E-state index contributed by atoms with van der Waals surface area (Å²) in [6.45, 7) is -1.18. The molecule has 1 aliphatic carbocycles. The number of thiazole rings is 1. The number of carboxylic acid groups (broad SMARTS) is 2. The number of urea groups is 1. The number of aromatic nitrogens is 1. The van der Waals surface area contributed by atoms with Gasteiger partial charge in [0.25, 0.3) is 11.7 Å². The third kappa shape index (κ3) is 7.10. The maximum Gasteiger partial charge on any atom is 0.350 e. The lowest BCUT2D eigenvalue weighted by Crippen LogP contribution is -2.60. The molecule has 8 N–H and O–H groups in total. The Labute approximate surface area is 332 Å². The zero-order valence-electron chi connectivity index (χ0n) is 28.5. The minimum atomic E-state index is -2.02. The van der Waals surface area contributed by atoms with E-state index in [0.717, 1.165) is 45.1 Å². The van der Waals surface area contributed by atoms with Crippen molar-refractivity contribution in [2.24, 2.45) is 11.1 Å². The molecule has 21 nitrogen and oxygen atoms in total. The van der Waals surface area contributed by atoms with Crippen LogP contribution in [-0.4, -0.2) is 135 Å². The number of carboxylic acids is 2. The summed E-state index contributed by atoms with van der Waals surface area (Å²) in [6.07, 6.45) is -0.137. The van der Waals surface area contributed by atoms with Gasteiger partial charge in [-0.15, -0.1) is 0 Å². The van der Waals surface area contributed by atoms with Gasteiger partial charge in [-0.1, -0.05) is 51.5 Å². The molecule has 4 aliphatic rings. The van der Waals surface area contributed by atoms with Crippen LogP contribution in [0, 0.1) is 5.92 Å². The van der Waals surface area contributed by atoms with Crippen molar-refractivity contribution >= 4 is 104 Å². The quantitative estimate of drug-likeness (QED) is 0.0322. The van der Waals surface area contributed by atoms with Gasteiger partial charge in [0, 0.05) is 38.8 Å². The third-order valence-electron chi connectivity index (χ3n) is 9.53. The lowest BCUT2D eigenvalue weighted by Gasteiger charge is -2.41. The third-order valence-corrected chi connectivity index (χ3v) is 12.7. The molecular formula is C31H30Cl2N8O13S2. The van der Waals surface area contributed by atoms with Crippen molar-refractivity contribution in [3.05, 3.63) is 32.7 Å². The number of aliphatic carboxylic acids is 2. The van der Waals surface area contributed by atoms with Crippen LogP contribution in [0.15, 0.2) is 17.3 Å². The zero-order valence-corrected chi connectivity index (χ0v) is 31.7. The molecule has 298 valence electrons. The van der Waals surface area contributed by atoms with Crippen LogP contribution >= 0.6 is 46.3 Å². The number of hydrazine groups is 1. The summed E-state index contributed by atoms with van der Waals surface area (Å²) in [5.41, 5.74) is 5.37. The number of nitrogens with zero attached hydrogens (tertiary/aromatic N) is 5. The number of carbonyl (C=O) groups is 8. The number of ketones is 2. The number of Topliss-reactive ketones (excluding diaryl/α,β-unsaturated/α-hetero) is 2. The summed E-state index contributed by atoms with van der Waals surface area (Å²) in [5.74, 6) is -9.77. The molecule has 1 aromatic carbocycles. The first-order valence-electron chi connectivity index (χ1n) is 16.5. The van der Waals surface area contributed by atoms with Gasteiger partial charge in [-0.2, -0.15) is 0 Å². The lowest BCUT2D eigenvalue weighted by molar-refractivity contribution is -0.178. The molecule has 56 heavy (non-hydrogen) atoms. The van der Waals surface area contributed by atoms with E-state index < -0.39 is 116 Å². The van der Waals surface area contributed by atoms with E-state index in [1.165, 1.54) is 4.90 Å². The Morgan fingerprint density at radius 2 is 1.79 bits per heavy atom. The van der Waals surface area contributed by atoms with Crippen LogP contribution in [-0.2, 0) is 33.6 Å². The van der Waals surface area contributed by atoms with Gasteiger partial charge in [0.2, 0.25) is 22.3 Å². The fourth-order valence-corrected chi connectivity index (χ4v) is 9.18. The number of hydrogen-bond acceptors (Lipinski definition) is 16. The van der Waals surface area contributed by atoms with Crippen LogP contribution in [0.25, 0.3) is 0 Å². The maximum absolute atomic E-state index is 13.7. The molecule has 0 bridgehead atoms. The number of nitrogens with two attached hydrogens (primary N) is 1. The molecule has 4 heterocycles. The highest BCUT2D eigenvalue weighted by molar-refractivity contribution is 8.02. The maximum atomic E-state index is 13.7. The van der Waals surface area contributed by atoms with E-state index in [2.05, 4.69) is 20.9 Å². The Hall–Kier alpha value is -5.39. The van der Waals surface area contributed by atoms with Gasteiger partial charge in [-0.05, 0) is 18.6 Å². The molecule has 0 spiro atoms. The molecule has 3 atom stereocenters. The number of nitrogen functional groups attached to an aromatic ring is 1. The van der Waals surface area contributed by atoms with Crippen molar-refractivity contribution in [3.8, 4) is 11.5 Å². The smallest absolute Gasteiger partial charge is 0.350 e. The van der Waals surface area contributed by atoms with Gasteiger partial charge in [-0.3, -0.25) is 34.3 Å². The van der Waals surface area contributed by atoms with Crippen LogP contribution < -0.4 is 16.5 Å². The molecule has 1 saturated carbocycles. The van der Waals surface area contributed by atoms with Gasteiger partial charge in [0.15, 0.2) is 28.1 Å². The predicted octanol–water partition coefficient (Wildman–Crippen LogP) is 0.601. The van der Waals surface area contributed by atoms with Gasteiger partial charge in [0.1, 0.15) is 10.0 Å². The summed E-state index contributed by atoms with van der Waals surface area (Å²) in [7, 11) is 0. The average molecular weight is 858 g/mol. The molecule has 0 radical (unpaired) electrons. The number of oxime groups is 1. The van der Waals surface area contributed by atoms with Crippen LogP contribution in [0.3, 0.4) is 0 Å². The standard InChI is InChI=1S/C31H30Cl2N8O13S2/c32-17-12(2-3-14(42)21(17)46)20(45)23(47)35-7-4-16(44)37-41-9-8-40(29(41)53)31(27(51)52)11-39-24(48)13(25(39)56-31)10-15(43)18(19-22(33)55-28(34)36-19)38-54-30(26(49)50)5-1-6-30/h2-3,13,25,42,46H,1,4-11H2,(H2,34,36)(H,35,47)(H,37,44)(H,49,50)(H,51,52)/b38-18+/t13-,25-,31-/m1/s1. The minimum absolute atomic E-state index is 0.0235. The summed E-state index contributed by atoms with van der Waals surface area (Å²) < 4.78 is -0.0419. The highest BCUT2D eigenvalue weighted by Crippen LogP contribution is 2.53. The van der Waals surface area contributed by atoms with E-state index in [4.69, 9.17) is 33.8 Å². The summed E-state index contributed by atoms with van der Waals surface area (Å²) in [5, 5.41) is 44.7. The molecule has 2 aromatic rings. The number of fused-ring (bicyclic) bond motifs is 1. The number of rotatable bonds is 15. The SMILES string of the molecule is Nc1nc(/C(=N/OC2(C(=O)O)CCC2)C(=O)C[C@@H]2C(=O)N3C[C@@](C(=O)O)(N4CCN(NC(=O)CCNC(=O)C(=O)c5ccc(O)c(O)c5Cl)C4=O)S[C@H]23)c(Cl)s1. The lowest BCUT2D eigenvalue weighted by atomic mass is 9.80. The Bertz CT molecular complexity index is 2110. The second-order valence-corrected chi connectivity index (χ2v) is 16.3. The van der Waals surface area contributed by atoms with Crippen LogP contribution in [0.1, 0.15) is 48.2 Å². The van der Waals surface area contributed by atoms with E-state index in [9.17, 15) is 58.8 Å². The fraction of sp³-hybridized carbons (Fsp3) is 0.419. The van der Waals surface area contributed by atoms with Crippen molar-refractivity contribution in [2.75, 3.05) is 31.9 Å². The minimum Gasteiger partial charge on any atom is -0.504 e. The Balaban J connectivity index is 1.07. The number of thioether (sulfide) groups is 1. The summed E-state index contributed by atoms with van der Waals surface area (Å²) in [4.78, 5) is 112. The van der Waals surface area contributed by atoms with Crippen molar-refractivity contribution in [1.82, 2.24) is 30.5 Å². The highest BCUT2D eigenvalue weighted by atomic mass is 35.5. The molecular weight excluding hydrogens is 827 g/mol. The average Bonchev–Trinajstić information content (AvgIpc) is 3.79. The number of phenols is 2. The van der Waals surface area contributed by atoms with Crippen LogP contribution in [0.5, 0.6) is 11.5 Å². The Morgan fingerprint density at radius 1 is 1.07 bits per heavy atom.